The molecule has 6 heteroatoms. The van der Waals surface area contributed by atoms with Crippen molar-refractivity contribution in [3.63, 3.8) is 0 Å². The SMILES string of the molecule is CCc1onc(C)c1C1CCCN1S(C)(=O)=O. The van der Waals surface area contributed by atoms with Crippen molar-refractivity contribution in [1.82, 2.24) is 9.46 Å². The van der Waals surface area contributed by atoms with E-state index < -0.39 is 10.0 Å². The zero-order valence-electron chi connectivity index (χ0n) is 10.4. The van der Waals surface area contributed by atoms with E-state index in [2.05, 4.69) is 5.16 Å². The number of rotatable bonds is 3. The summed E-state index contributed by atoms with van der Waals surface area (Å²) in [6.07, 6.45) is 3.75. The standard InChI is InChI=1S/C11H18N2O3S/c1-4-10-11(8(2)12-16-10)9-6-5-7-13(9)17(3,14)15/h9H,4-7H2,1-3H3. The van der Waals surface area contributed by atoms with Crippen LogP contribution in [0.5, 0.6) is 0 Å². The molecule has 0 amide bonds. The second-order valence-corrected chi connectivity index (χ2v) is 6.43. The minimum atomic E-state index is -3.16. The molecule has 1 aromatic heterocycles. The summed E-state index contributed by atoms with van der Waals surface area (Å²) in [6.45, 7) is 4.46. The van der Waals surface area contributed by atoms with Gasteiger partial charge in [-0.2, -0.15) is 4.31 Å². The van der Waals surface area contributed by atoms with Gasteiger partial charge >= 0.3 is 0 Å². The Morgan fingerprint density at radius 2 is 2.24 bits per heavy atom. The number of nitrogens with zero attached hydrogens (tertiary/aromatic N) is 2. The topological polar surface area (TPSA) is 63.4 Å². The van der Waals surface area contributed by atoms with Gasteiger partial charge in [-0.05, 0) is 19.8 Å². The van der Waals surface area contributed by atoms with Crippen LogP contribution in [0.15, 0.2) is 4.52 Å². The molecule has 2 rings (SSSR count). The summed E-state index contributed by atoms with van der Waals surface area (Å²) < 4.78 is 30.3. The molecule has 0 spiro atoms. The second-order valence-electron chi connectivity index (χ2n) is 4.49. The summed E-state index contributed by atoms with van der Waals surface area (Å²) in [5, 5.41) is 3.95. The first-order valence-electron chi connectivity index (χ1n) is 5.87. The highest BCUT2D eigenvalue weighted by Gasteiger charge is 2.36. The van der Waals surface area contributed by atoms with Crippen molar-refractivity contribution in [2.45, 2.75) is 39.2 Å². The van der Waals surface area contributed by atoms with Gasteiger partial charge in [-0.25, -0.2) is 8.42 Å². The first-order chi connectivity index (χ1) is 7.95. The number of hydrogen-bond acceptors (Lipinski definition) is 4. The van der Waals surface area contributed by atoms with E-state index >= 15 is 0 Å². The molecule has 0 bridgehead atoms. The zero-order valence-corrected chi connectivity index (χ0v) is 11.2. The van der Waals surface area contributed by atoms with Gasteiger partial charge in [0, 0.05) is 18.5 Å². The minimum absolute atomic E-state index is 0.0915. The lowest BCUT2D eigenvalue weighted by Gasteiger charge is -2.22. The molecule has 1 aliphatic heterocycles. The molecule has 5 nitrogen and oxygen atoms in total. The highest BCUT2D eigenvalue weighted by atomic mass is 32.2. The first kappa shape index (κ1) is 12.6. The van der Waals surface area contributed by atoms with Crippen molar-refractivity contribution in [3.05, 3.63) is 17.0 Å². The highest BCUT2D eigenvalue weighted by molar-refractivity contribution is 7.88. The Hall–Kier alpha value is -0.880. The van der Waals surface area contributed by atoms with Crippen LogP contribution in [-0.2, 0) is 16.4 Å². The molecular formula is C11H18N2O3S. The third-order valence-corrected chi connectivity index (χ3v) is 4.56. The lowest BCUT2D eigenvalue weighted by molar-refractivity contribution is 0.369. The molecule has 0 aliphatic carbocycles. The maximum Gasteiger partial charge on any atom is 0.211 e. The van der Waals surface area contributed by atoms with Gasteiger partial charge in [-0.1, -0.05) is 12.1 Å². The summed E-state index contributed by atoms with van der Waals surface area (Å²) in [6, 6.07) is -0.0915. The second kappa shape index (κ2) is 4.42. The molecule has 1 fully saturated rings. The average molecular weight is 258 g/mol. The molecule has 0 aromatic carbocycles. The largest absolute Gasteiger partial charge is 0.361 e. The van der Waals surface area contributed by atoms with Crippen LogP contribution < -0.4 is 0 Å². The lowest BCUT2D eigenvalue weighted by atomic mass is 10.0. The van der Waals surface area contributed by atoms with Gasteiger partial charge in [0.1, 0.15) is 5.76 Å². The molecule has 2 heterocycles. The van der Waals surface area contributed by atoms with Gasteiger partial charge in [0.2, 0.25) is 10.0 Å². The summed E-state index contributed by atoms with van der Waals surface area (Å²) in [4.78, 5) is 0. The van der Waals surface area contributed by atoms with Gasteiger partial charge in [-0.15, -0.1) is 0 Å². The molecule has 0 radical (unpaired) electrons. The predicted molar refractivity (Wildman–Crippen MR) is 64.1 cm³/mol. The highest BCUT2D eigenvalue weighted by Crippen LogP contribution is 2.37. The molecule has 1 saturated heterocycles. The Morgan fingerprint density at radius 3 is 2.82 bits per heavy atom. The zero-order chi connectivity index (χ0) is 12.6. The Morgan fingerprint density at radius 1 is 1.53 bits per heavy atom. The molecule has 0 N–H and O–H groups in total. The normalized spacial score (nSPS) is 22.2. The van der Waals surface area contributed by atoms with E-state index in [0.29, 0.717) is 6.54 Å². The molecule has 1 aromatic rings. The van der Waals surface area contributed by atoms with Gasteiger partial charge in [0.05, 0.1) is 18.0 Å². The number of aromatic nitrogens is 1. The van der Waals surface area contributed by atoms with Gasteiger partial charge < -0.3 is 4.52 Å². The van der Waals surface area contributed by atoms with E-state index in [1.54, 1.807) is 4.31 Å². The fraction of sp³-hybridized carbons (Fsp3) is 0.727. The molecule has 1 unspecified atom stereocenters. The van der Waals surface area contributed by atoms with Crippen molar-refractivity contribution in [3.8, 4) is 0 Å². The van der Waals surface area contributed by atoms with Crippen LogP contribution in [-0.4, -0.2) is 30.7 Å². The van der Waals surface area contributed by atoms with Crippen LogP contribution in [0.2, 0.25) is 0 Å². The molecule has 1 aliphatic rings. The fourth-order valence-electron chi connectivity index (χ4n) is 2.53. The summed E-state index contributed by atoms with van der Waals surface area (Å²) in [5.74, 6) is 0.808. The number of hydrogen-bond donors (Lipinski definition) is 0. The average Bonchev–Trinajstić information content (AvgIpc) is 2.81. The van der Waals surface area contributed by atoms with Crippen molar-refractivity contribution >= 4 is 10.0 Å². The van der Waals surface area contributed by atoms with E-state index in [1.807, 2.05) is 13.8 Å². The molecule has 96 valence electrons. The number of sulfonamides is 1. The monoisotopic (exact) mass is 258 g/mol. The quantitative estimate of drug-likeness (QED) is 0.827. The lowest BCUT2D eigenvalue weighted by Crippen LogP contribution is -2.30. The van der Waals surface area contributed by atoms with Crippen LogP contribution in [0, 0.1) is 6.92 Å². The molecule has 1 atom stereocenters. The fourth-order valence-corrected chi connectivity index (χ4v) is 3.67. The molecule has 0 saturated carbocycles. The van der Waals surface area contributed by atoms with Crippen molar-refractivity contribution in [2.24, 2.45) is 0 Å². The maximum absolute atomic E-state index is 11.7. The van der Waals surface area contributed by atoms with Crippen LogP contribution >= 0.6 is 0 Å². The van der Waals surface area contributed by atoms with Crippen LogP contribution in [0.3, 0.4) is 0 Å². The van der Waals surface area contributed by atoms with Crippen LogP contribution in [0.4, 0.5) is 0 Å². The van der Waals surface area contributed by atoms with E-state index in [4.69, 9.17) is 4.52 Å². The van der Waals surface area contributed by atoms with Crippen LogP contribution in [0.1, 0.15) is 42.8 Å². The van der Waals surface area contributed by atoms with Gasteiger partial charge in [-0.3, -0.25) is 0 Å². The van der Waals surface area contributed by atoms with Crippen molar-refractivity contribution in [2.75, 3.05) is 12.8 Å². The van der Waals surface area contributed by atoms with E-state index in [0.717, 1.165) is 36.3 Å². The summed E-state index contributed by atoms with van der Waals surface area (Å²) in [7, 11) is -3.16. The van der Waals surface area contributed by atoms with E-state index in [1.165, 1.54) is 6.26 Å². The summed E-state index contributed by atoms with van der Waals surface area (Å²) >= 11 is 0. The molecular weight excluding hydrogens is 240 g/mol. The van der Waals surface area contributed by atoms with Gasteiger partial charge in [0.25, 0.3) is 0 Å². The Bertz CT molecular complexity index is 507. The number of aryl methyl sites for hydroxylation is 2. The van der Waals surface area contributed by atoms with Crippen molar-refractivity contribution in [1.29, 1.82) is 0 Å². The molecule has 17 heavy (non-hydrogen) atoms. The summed E-state index contributed by atoms with van der Waals surface area (Å²) in [5.41, 5.74) is 1.78. The predicted octanol–water partition coefficient (Wildman–Crippen LogP) is 1.64. The Labute approximate surface area is 102 Å². The third-order valence-electron chi connectivity index (χ3n) is 3.27. The van der Waals surface area contributed by atoms with Crippen molar-refractivity contribution < 1.29 is 12.9 Å². The Balaban J connectivity index is 2.42. The van der Waals surface area contributed by atoms with Gasteiger partial charge in [0.15, 0.2) is 0 Å². The smallest absolute Gasteiger partial charge is 0.211 e. The van der Waals surface area contributed by atoms with E-state index in [9.17, 15) is 8.42 Å². The Kier molecular flexibility index (Phi) is 3.27. The van der Waals surface area contributed by atoms with E-state index in [-0.39, 0.29) is 6.04 Å². The van der Waals surface area contributed by atoms with Crippen LogP contribution in [0.25, 0.3) is 0 Å². The maximum atomic E-state index is 11.7. The minimum Gasteiger partial charge on any atom is -0.361 e. The third kappa shape index (κ3) is 2.24. The first-order valence-corrected chi connectivity index (χ1v) is 7.71.